The van der Waals surface area contributed by atoms with Crippen LogP contribution >= 0.6 is 12.2 Å². The van der Waals surface area contributed by atoms with Crippen molar-refractivity contribution in [3.8, 4) is 0 Å². The molecule has 0 aromatic carbocycles. The van der Waals surface area contributed by atoms with Crippen LogP contribution in [0, 0.1) is 11.8 Å². The molecule has 1 fully saturated rings. The van der Waals surface area contributed by atoms with Gasteiger partial charge in [0.1, 0.15) is 0 Å². The average Bonchev–Trinajstić information content (AvgIpc) is 3.46. The minimum absolute atomic E-state index is 0.483. The van der Waals surface area contributed by atoms with E-state index in [-0.39, 0.29) is 0 Å². The topological polar surface area (TPSA) is 15.8 Å². The number of allylic oxidation sites excluding steroid dienone is 7. The third kappa shape index (κ3) is 10.3. The van der Waals surface area contributed by atoms with Gasteiger partial charge in [-0.3, -0.25) is 0 Å². The Labute approximate surface area is 208 Å². The standard InChI is InChI=1S/C31H45NS/c1-6-12-28(30-19-20-32-31(30)18-17-24(3)7-2)21-25(4)13-8-9-14-26(5)22-29(33)23-27-15-10-11-16-27/h6-7,12,14,18-21,24,27,32H,2,8-11,13,15-17,22-23H2,1,3-5H3. The Kier molecular flexibility index (Phi) is 12.5. The van der Waals surface area contributed by atoms with Crippen molar-refractivity contribution in [1.29, 1.82) is 0 Å². The molecule has 1 aromatic heterocycles. The molecular weight excluding hydrogens is 418 g/mol. The molecule has 2 heteroatoms. The van der Waals surface area contributed by atoms with Crippen molar-refractivity contribution >= 4 is 28.7 Å². The zero-order valence-electron chi connectivity index (χ0n) is 21.5. The molecule has 0 amide bonds. The van der Waals surface area contributed by atoms with Crippen LogP contribution in [-0.2, 0) is 0 Å². The predicted molar refractivity (Wildman–Crippen MR) is 152 cm³/mol. The molecule has 0 spiro atoms. The molecule has 1 aromatic rings. The molecule has 0 bridgehead atoms. The van der Waals surface area contributed by atoms with E-state index < -0.39 is 0 Å². The molecular formula is C31H45NS. The summed E-state index contributed by atoms with van der Waals surface area (Å²) in [6, 6.07) is 2.18. The molecule has 0 aliphatic heterocycles. The minimum Gasteiger partial charge on any atom is -0.361 e. The van der Waals surface area contributed by atoms with Gasteiger partial charge >= 0.3 is 0 Å². The summed E-state index contributed by atoms with van der Waals surface area (Å²) in [6.45, 7) is 12.7. The van der Waals surface area contributed by atoms with Crippen molar-refractivity contribution in [3.05, 3.63) is 70.9 Å². The van der Waals surface area contributed by atoms with Crippen LogP contribution < -0.4 is 10.6 Å². The molecule has 0 saturated heterocycles. The van der Waals surface area contributed by atoms with E-state index in [9.17, 15) is 0 Å². The number of thiocarbonyl (C=S) groups is 1. The third-order valence-corrected chi connectivity index (χ3v) is 6.98. The lowest BCUT2D eigenvalue weighted by atomic mass is 9.98. The van der Waals surface area contributed by atoms with Gasteiger partial charge in [0.05, 0.1) is 0 Å². The first-order valence-electron chi connectivity index (χ1n) is 12.9. The van der Waals surface area contributed by atoms with Gasteiger partial charge in [-0.1, -0.05) is 92.4 Å². The molecule has 1 heterocycles. The number of hydrogen-bond acceptors (Lipinski definition) is 1. The largest absolute Gasteiger partial charge is 0.361 e. The lowest BCUT2D eigenvalue weighted by molar-refractivity contribution is 0.573. The summed E-state index contributed by atoms with van der Waals surface area (Å²) in [7, 11) is 0. The molecule has 180 valence electrons. The monoisotopic (exact) mass is 463 g/mol. The zero-order chi connectivity index (χ0) is 24.1. The summed E-state index contributed by atoms with van der Waals surface area (Å²) < 4.78 is 0. The Balaban J connectivity index is 1.95. The number of H-pyrrole nitrogens is 1. The number of hydrogen-bond donors (Lipinski definition) is 1. The summed E-state index contributed by atoms with van der Waals surface area (Å²) in [4.78, 5) is 4.67. The SMILES string of the molecule is C=CC(C)CC=c1[nH]ccc1=C(C=CC)C=C(C)CCCC=C(C)CC(=S)CC1CCCC1. The van der Waals surface area contributed by atoms with Crippen LogP contribution in [0.4, 0.5) is 0 Å². The first-order valence-corrected chi connectivity index (χ1v) is 13.3. The molecule has 1 nitrogen and oxygen atoms in total. The van der Waals surface area contributed by atoms with Crippen LogP contribution in [0.3, 0.4) is 0 Å². The van der Waals surface area contributed by atoms with E-state index in [1.165, 1.54) is 64.3 Å². The Morgan fingerprint density at radius 1 is 1.24 bits per heavy atom. The second kappa shape index (κ2) is 15.1. The van der Waals surface area contributed by atoms with Crippen molar-refractivity contribution in [2.45, 2.75) is 91.9 Å². The number of aromatic amines is 1. The lowest BCUT2D eigenvalue weighted by Gasteiger charge is -2.10. The van der Waals surface area contributed by atoms with Gasteiger partial charge in [-0.25, -0.2) is 0 Å². The van der Waals surface area contributed by atoms with E-state index >= 15 is 0 Å². The highest BCUT2D eigenvalue weighted by Gasteiger charge is 2.16. The maximum atomic E-state index is 5.68. The Bertz CT molecular complexity index is 963. The van der Waals surface area contributed by atoms with Crippen LogP contribution in [0.5, 0.6) is 0 Å². The summed E-state index contributed by atoms with van der Waals surface area (Å²) in [5.41, 5.74) is 4.15. The van der Waals surface area contributed by atoms with Gasteiger partial charge < -0.3 is 4.98 Å². The number of nitrogens with one attached hydrogen (secondary N) is 1. The van der Waals surface area contributed by atoms with Gasteiger partial charge in [0.25, 0.3) is 0 Å². The van der Waals surface area contributed by atoms with Gasteiger partial charge in [-0.2, -0.15) is 0 Å². The van der Waals surface area contributed by atoms with Crippen LogP contribution in [0.2, 0.25) is 0 Å². The highest BCUT2D eigenvalue weighted by atomic mass is 32.1. The lowest BCUT2D eigenvalue weighted by Crippen LogP contribution is -2.24. The quantitative estimate of drug-likeness (QED) is 0.177. The fourth-order valence-corrected chi connectivity index (χ4v) is 5.12. The molecule has 1 aliphatic rings. The molecule has 1 aliphatic carbocycles. The van der Waals surface area contributed by atoms with Crippen molar-refractivity contribution in [2.75, 3.05) is 0 Å². The molecule has 1 saturated carbocycles. The second-order valence-corrected chi connectivity index (χ2v) is 10.5. The van der Waals surface area contributed by atoms with Crippen molar-refractivity contribution in [1.82, 2.24) is 4.98 Å². The molecule has 1 N–H and O–H groups in total. The van der Waals surface area contributed by atoms with Gasteiger partial charge in [0.2, 0.25) is 0 Å². The smallest absolute Gasteiger partial charge is 0.0419 e. The first-order chi connectivity index (χ1) is 15.9. The number of aromatic nitrogens is 1. The minimum atomic E-state index is 0.483. The number of rotatable bonds is 13. The fourth-order valence-electron chi connectivity index (χ4n) is 4.66. The fraction of sp³-hybridized carbons (Fsp3) is 0.516. The van der Waals surface area contributed by atoms with Gasteiger partial charge in [0, 0.05) is 16.8 Å². The average molecular weight is 464 g/mol. The third-order valence-electron chi connectivity index (χ3n) is 6.67. The Morgan fingerprint density at radius 2 is 2.00 bits per heavy atom. The Hall–Kier alpha value is -1.93. The van der Waals surface area contributed by atoms with E-state index in [1.54, 1.807) is 0 Å². The predicted octanol–water partition coefficient (Wildman–Crippen LogP) is 8.14. The van der Waals surface area contributed by atoms with Crippen molar-refractivity contribution in [2.24, 2.45) is 11.8 Å². The van der Waals surface area contributed by atoms with Crippen molar-refractivity contribution in [3.63, 3.8) is 0 Å². The van der Waals surface area contributed by atoms with Crippen LogP contribution in [0.25, 0.3) is 11.6 Å². The van der Waals surface area contributed by atoms with Crippen LogP contribution in [0.1, 0.15) is 91.9 Å². The zero-order valence-corrected chi connectivity index (χ0v) is 22.3. The normalized spacial score (nSPS) is 18.2. The summed E-state index contributed by atoms with van der Waals surface area (Å²) in [5, 5.41) is 2.48. The van der Waals surface area contributed by atoms with E-state index in [0.717, 1.165) is 38.0 Å². The molecule has 33 heavy (non-hydrogen) atoms. The van der Waals surface area contributed by atoms with Gasteiger partial charge in [-0.05, 0) is 87.6 Å². The van der Waals surface area contributed by atoms with Gasteiger partial charge in [0.15, 0.2) is 0 Å². The van der Waals surface area contributed by atoms with E-state index in [1.807, 2.05) is 12.3 Å². The molecule has 2 rings (SSSR count). The second-order valence-electron chi connectivity index (χ2n) is 9.92. The van der Waals surface area contributed by atoms with Crippen LogP contribution in [0.15, 0.2) is 60.4 Å². The number of unbranched alkanes of at least 4 members (excludes halogenated alkanes) is 1. The van der Waals surface area contributed by atoms with E-state index in [0.29, 0.717) is 5.92 Å². The molecule has 1 atom stereocenters. The highest BCUT2D eigenvalue weighted by molar-refractivity contribution is 7.80. The van der Waals surface area contributed by atoms with Crippen molar-refractivity contribution < 1.29 is 0 Å². The van der Waals surface area contributed by atoms with E-state index in [4.69, 9.17) is 12.2 Å². The first kappa shape index (κ1) is 27.3. The summed E-state index contributed by atoms with van der Waals surface area (Å²) in [6.07, 6.45) is 27.6. The molecule has 0 radical (unpaired) electrons. The maximum Gasteiger partial charge on any atom is 0.0419 e. The molecule has 1 unspecified atom stereocenters. The van der Waals surface area contributed by atoms with Gasteiger partial charge in [-0.15, -0.1) is 6.58 Å². The summed E-state index contributed by atoms with van der Waals surface area (Å²) in [5.74, 6) is 1.35. The summed E-state index contributed by atoms with van der Waals surface area (Å²) >= 11 is 5.68. The maximum absolute atomic E-state index is 5.68. The highest BCUT2D eigenvalue weighted by Crippen LogP contribution is 2.29. The Morgan fingerprint density at radius 3 is 2.70 bits per heavy atom. The van der Waals surface area contributed by atoms with E-state index in [2.05, 4.69) is 75.7 Å². The van der Waals surface area contributed by atoms with Crippen LogP contribution in [-0.4, -0.2) is 9.85 Å².